The van der Waals surface area contributed by atoms with Crippen molar-refractivity contribution in [3.63, 3.8) is 0 Å². The van der Waals surface area contributed by atoms with E-state index in [1.54, 1.807) is 0 Å². The Balaban J connectivity index is 3.50. The fourth-order valence-electron chi connectivity index (χ4n) is 0.451. The van der Waals surface area contributed by atoms with Crippen LogP contribution in [0.25, 0.3) is 0 Å². The van der Waals surface area contributed by atoms with E-state index >= 15 is 0 Å². The van der Waals surface area contributed by atoms with Crippen molar-refractivity contribution in [2.75, 3.05) is 13.6 Å². The molecule has 3 heteroatoms. The predicted molar refractivity (Wildman–Crippen MR) is 39.7 cm³/mol. The Kier molecular flexibility index (Phi) is 3.24. The van der Waals surface area contributed by atoms with Crippen molar-refractivity contribution in [1.29, 1.82) is 5.41 Å². The lowest BCUT2D eigenvalue weighted by Gasteiger charge is -2.19. The van der Waals surface area contributed by atoms with E-state index < -0.39 is 0 Å². The zero-order valence-electron chi connectivity index (χ0n) is 6.31. The number of hydrogen-bond donors (Lipinski definition) is 2. The molecule has 9 heavy (non-hydrogen) atoms. The fourth-order valence-corrected chi connectivity index (χ4v) is 0.451. The average molecular weight is 129 g/mol. The molecule has 0 spiro atoms. The van der Waals surface area contributed by atoms with Crippen LogP contribution >= 0.6 is 0 Å². The highest BCUT2D eigenvalue weighted by Gasteiger charge is 2.02. The van der Waals surface area contributed by atoms with Crippen molar-refractivity contribution in [1.82, 2.24) is 4.90 Å². The zero-order chi connectivity index (χ0) is 7.44. The van der Waals surface area contributed by atoms with Gasteiger partial charge in [-0.05, 0) is 20.9 Å². The van der Waals surface area contributed by atoms with Gasteiger partial charge in [-0.3, -0.25) is 10.3 Å². The van der Waals surface area contributed by atoms with Crippen molar-refractivity contribution in [3.05, 3.63) is 0 Å². The topological polar surface area (TPSA) is 53.1 Å². The average Bonchev–Trinajstić information content (AvgIpc) is 1.63. The molecule has 0 saturated heterocycles. The van der Waals surface area contributed by atoms with Gasteiger partial charge in [-0.2, -0.15) is 0 Å². The Labute approximate surface area is 56.3 Å². The first kappa shape index (κ1) is 8.43. The fraction of sp³-hybridized carbons (Fsp3) is 0.833. The van der Waals surface area contributed by atoms with E-state index in [-0.39, 0.29) is 5.84 Å². The second-order valence-electron chi connectivity index (χ2n) is 2.53. The second-order valence-corrected chi connectivity index (χ2v) is 2.53. The summed E-state index contributed by atoms with van der Waals surface area (Å²) in [5.41, 5.74) is 5.17. The summed E-state index contributed by atoms with van der Waals surface area (Å²) in [6.07, 6.45) is 0. The van der Waals surface area contributed by atoms with Crippen molar-refractivity contribution in [2.45, 2.75) is 19.9 Å². The molecule has 0 atom stereocenters. The summed E-state index contributed by atoms with van der Waals surface area (Å²) in [5, 5.41) is 6.95. The summed E-state index contributed by atoms with van der Waals surface area (Å²) in [6, 6.07) is 0.467. The first-order chi connectivity index (χ1) is 4.04. The van der Waals surface area contributed by atoms with E-state index in [2.05, 4.69) is 13.8 Å². The quantitative estimate of drug-likeness (QED) is 0.424. The Morgan fingerprint density at radius 3 is 2.22 bits per heavy atom. The van der Waals surface area contributed by atoms with Crippen molar-refractivity contribution < 1.29 is 0 Å². The molecule has 0 fully saturated rings. The lowest BCUT2D eigenvalue weighted by Crippen LogP contribution is -2.34. The van der Waals surface area contributed by atoms with Crippen LogP contribution in [0.2, 0.25) is 0 Å². The van der Waals surface area contributed by atoms with E-state index in [9.17, 15) is 0 Å². The Bertz CT molecular complexity index is 98.5. The van der Waals surface area contributed by atoms with E-state index in [0.29, 0.717) is 12.6 Å². The van der Waals surface area contributed by atoms with Gasteiger partial charge < -0.3 is 5.73 Å². The maximum Gasteiger partial charge on any atom is 0.105 e. The molecule has 0 radical (unpaired) electrons. The van der Waals surface area contributed by atoms with E-state index in [1.807, 2.05) is 11.9 Å². The minimum atomic E-state index is 0.228. The number of nitrogens with one attached hydrogen (secondary N) is 1. The van der Waals surface area contributed by atoms with Gasteiger partial charge in [0.15, 0.2) is 0 Å². The first-order valence-electron chi connectivity index (χ1n) is 3.07. The monoisotopic (exact) mass is 129 g/mol. The molecular weight excluding hydrogens is 114 g/mol. The highest BCUT2D eigenvalue weighted by molar-refractivity contribution is 5.78. The van der Waals surface area contributed by atoms with Gasteiger partial charge in [0.2, 0.25) is 0 Å². The van der Waals surface area contributed by atoms with Crippen molar-refractivity contribution in [3.8, 4) is 0 Å². The lowest BCUT2D eigenvalue weighted by atomic mass is 10.3. The molecule has 0 aliphatic heterocycles. The van der Waals surface area contributed by atoms with Gasteiger partial charge >= 0.3 is 0 Å². The predicted octanol–water partition coefficient (Wildman–Crippen LogP) is 0.263. The normalized spacial score (nSPS) is 10.8. The Morgan fingerprint density at radius 2 is 2.11 bits per heavy atom. The number of nitrogens with zero attached hydrogens (tertiary/aromatic N) is 1. The molecule has 0 aromatic rings. The molecule has 54 valence electrons. The molecule has 0 aromatic carbocycles. The zero-order valence-corrected chi connectivity index (χ0v) is 6.31. The molecular formula is C6H15N3. The van der Waals surface area contributed by atoms with Crippen LogP contribution in [0.15, 0.2) is 0 Å². The molecule has 3 N–H and O–H groups in total. The summed E-state index contributed by atoms with van der Waals surface area (Å²) in [7, 11) is 1.95. The van der Waals surface area contributed by atoms with Gasteiger partial charge in [0.1, 0.15) is 5.84 Å². The number of nitrogens with two attached hydrogens (primary N) is 1. The van der Waals surface area contributed by atoms with Crippen molar-refractivity contribution >= 4 is 5.84 Å². The molecule has 0 aliphatic rings. The molecule has 0 aliphatic carbocycles. The molecule has 0 saturated carbocycles. The first-order valence-corrected chi connectivity index (χ1v) is 3.07. The standard InChI is InChI=1S/C6H15N3/c1-5(2)9(3)4-6(7)8/h5H,4H2,1-3H3,(H3,7,8). The molecule has 0 unspecified atom stereocenters. The highest BCUT2D eigenvalue weighted by atomic mass is 15.1. The van der Waals surface area contributed by atoms with Gasteiger partial charge in [-0.1, -0.05) is 0 Å². The summed E-state index contributed by atoms with van der Waals surface area (Å²) >= 11 is 0. The van der Waals surface area contributed by atoms with Crippen molar-refractivity contribution in [2.24, 2.45) is 5.73 Å². The number of hydrogen-bond acceptors (Lipinski definition) is 2. The highest BCUT2D eigenvalue weighted by Crippen LogP contribution is 1.90. The molecule has 0 aromatic heterocycles. The minimum absolute atomic E-state index is 0.228. The molecule has 0 bridgehead atoms. The van der Waals surface area contributed by atoms with E-state index in [4.69, 9.17) is 11.1 Å². The van der Waals surface area contributed by atoms with Crippen LogP contribution in [0.4, 0.5) is 0 Å². The van der Waals surface area contributed by atoms with Crippen LogP contribution in [-0.4, -0.2) is 30.4 Å². The summed E-state index contributed by atoms with van der Waals surface area (Å²) in [4.78, 5) is 2.02. The maximum atomic E-state index is 6.95. The van der Waals surface area contributed by atoms with Crippen LogP contribution in [0, 0.1) is 5.41 Å². The van der Waals surface area contributed by atoms with E-state index in [1.165, 1.54) is 0 Å². The SMILES string of the molecule is CC(C)N(C)CC(=N)N. The summed E-state index contributed by atoms with van der Waals surface area (Å²) in [5.74, 6) is 0.228. The van der Waals surface area contributed by atoms with Gasteiger partial charge in [-0.15, -0.1) is 0 Å². The smallest absolute Gasteiger partial charge is 0.105 e. The maximum absolute atomic E-state index is 6.95. The summed E-state index contributed by atoms with van der Waals surface area (Å²) < 4.78 is 0. The number of rotatable bonds is 3. The Hall–Kier alpha value is -0.570. The van der Waals surface area contributed by atoms with Gasteiger partial charge in [0.05, 0.1) is 6.54 Å². The Morgan fingerprint density at radius 1 is 1.67 bits per heavy atom. The van der Waals surface area contributed by atoms with Crippen LogP contribution in [0.1, 0.15) is 13.8 Å². The number of likely N-dealkylation sites (N-methyl/N-ethyl adjacent to an activating group) is 1. The third-order valence-electron chi connectivity index (χ3n) is 1.30. The van der Waals surface area contributed by atoms with Crippen LogP contribution in [-0.2, 0) is 0 Å². The van der Waals surface area contributed by atoms with Gasteiger partial charge in [0.25, 0.3) is 0 Å². The molecule has 0 rings (SSSR count). The lowest BCUT2D eigenvalue weighted by molar-refractivity contribution is 0.310. The third kappa shape index (κ3) is 3.97. The molecule has 0 amide bonds. The van der Waals surface area contributed by atoms with Crippen LogP contribution in [0.3, 0.4) is 0 Å². The summed E-state index contributed by atoms with van der Waals surface area (Å²) in [6.45, 7) is 4.71. The van der Waals surface area contributed by atoms with Crippen LogP contribution in [0.5, 0.6) is 0 Å². The molecule has 3 nitrogen and oxygen atoms in total. The van der Waals surface area contributed by atoms with Gasteiger partial charge in [-0.25, -0.2) is 0 Å². The second kappa shape index (κ2) is 3.45. The van der Waals surface area contributed by atoms with Gasteiger partial charge in [0, 0.05) is 6.04 Å². The van der Waals surface area contributed by atoms with Crippen LogP contribution < -0.4 is 5.73 Å². The third-order valence-corrected chi connectivity index (χ3v) is 1.30. The largest absolute Gasteiger partial charge is 0.387 e. The number of amidine groups is 1. The van der Waals surface area contributed by atoms with E-state index in [0.717, 1.165) is 0 Å². The minimum Gasteiger partial charge on any atom is -0.387 e. The molecule has 0 heterocycles.